The minimum atomic E-state index is -4.72. The van der Waals surface area contributed by atoms with E-state index in [1.54, 1.807) is 18.2 Å². The summed E-state index contributed by atoms with van der Waals surface area (Å²) in [5.41, 5.74) is -3.01. The molecule has 0 atom stereocenters. The zero-order valence-electron chi connectivity index (χ0n) is 33.3. The number of para-hydroxylation sites is 2. The molecule has 0 aliphatic rings. The van der Waals surface area contributed by atoms with Crippen LogP contribution in [0.15, 0.2) is 137 Å². The van der Waals surface area contributed by atoms with Crippen LogP contribution in [0.5, 0.6) is 34.5 Å². The first-order valence-electron chi connectivity index (χ1n) is 18.0. The third kappa shape index (κ3) is 13.1. The SMILES string of the molecule is COc1cc(Cl)ccc1Oc1ccc(C(F)(F)F)cc1C(=O)Nc1cccc(S(N)(=O)=O)c1.COc1ccccc1Oc1ccc(C(F)(F)F)cc1C(=O)Nc1cccc(S(N)(=O)=O)c1. The number of hydrogen-bond acceptors (Lipinski definition) is 10. The molecular formula is C42H33ClF6N4O10S2. The maximum absolute atomic E-state index is 13.3. The van der Waals surface area contributed by atoms with E-state index in [0.29, 0.717) is 22.9 Å². The molecule has 0 aliphatic carbocycles. The van der Waals surface area contributed by atoms with Gasteiger partial charge in [-0.2, -0.15) is 26.3 Å². The summed E-state index contributed by atoms with van der Waals surface area (Å²) in [7, 11) is -5.37. The number of carbonyl (C=O) groups is 2. The van der Waals surface area contributed by atoms with E-state index in [-0.39, 0.29) is 49.9 Å². The van der Waals surface area contributed by atoms with Crippen LogP contribution in [0.4, 0.5) is 37.7 Å². The van der Waals surface area contributed by atoms with Crippen molar-refractivity contribution >= 4 is 54.8 Å². The predicted molar refractivity (Wildman–Crippen MR) is 226 cm³/mol. The van der Waals surface area contributed by atoms with E-state index in [1.165, 1.54) is 74.9 Å². The second-order valence-corrected chi connectivity index (χ2v) is 16.7. The van der Waals surface area contributed by atoms with Crippen molar-refractivity contribution in [2.24, 2.45) is 10.3 Å². The van der Waals surface area contributed by atoms with Crippen LogP contribution in [0.2, 0.25) is 5.02 Å². The van der Waals surface area contributed by atoms with Gasteiger partial charge in [0.05, 0.1) is 46.3 Å². The molecule has 0 aliphatic heterocycles. The smallest absolute Gasteiger partial charge is 0.416 e. The van der Waals surface area contributed by atoms with Crippen LogP contribution < -0.4 is 39.9 Å². The number of primary sulfonamides is 2. The molecule has 0 spiro atoms. The molecule has 14 nitrogen and oxygen atoms in total. The van der Waals surface area contributed by atoms with Gasteiger partial charge in [0.2, 0.25) is 20.0 Å². The van der Waals surface area contributed by atoms with E-state index in [2.05, 4.69) is 10.6 Å². The second-order valence-electron chi connectivity index (χ2n) is 13.1. The maximum Gasteiger partial charge on any atom is 0.416 e. The fraction of sp³-hybridized carbons (Fsp3) is 0.0952. The molecule has 342 valence electrons. The van der Waals surface area contributed by atoms with Gasteiger partial charge in [0.1, 0.15) is 11.5 Å². The molecule has 0 heterocycles. The Labute approximate surface area is 371 Å². The van der Waals surface area contributed by atoms with Gasteiger partial charge in [0, 0.05) is 22.5 Å². The summed E-state index contributed by atoms with van der Waals surface area (Å²) in [6.07, 6.45) is -9.43. The third-order valence-electron chi connectivity index (χ3n) is 8.58. The summed E-state index contributed by atoms with van der Waals surface area (Å²) in [5.74, 6) is -1.52. The quantitative estimate of drug-likeness (QED) is 0.0852. The van der Waals surface area contributed by atoms with Crippen LogP contribution in [0.3, 0.4) is 0 Å². The normalized spacial score (nSPS) is 11.7. The zero-order valence-corrected chi connectivity index (χ0v) is 35.7. The molecule has 0 aromatic heterocycles. The lowest BCUT2D eigenvalue weighted by atomic mass is 10.1. The number of halogens is 7. The van der Waals surface area contributed by atoms with Crippen molar-refractivity contribution in [2.45, 2.75) is 22.1 Å². The Bertz CT molecular complexity index is 2970. The number of alkyl halides is 6. The van der Waals surface area contributed by atoms with Crippen LogP contribution in [0.25, 0.3) is 0 Å². The van der Waals surface area contributed by atoms with Gasteiger partial charge < -0.3 is 29.6 Å². The summed E-state index contributed by atoms with van der Waals surface area (Å²) in [6.45, 7) is 0. The largest absolute Gasteiger partial charge is 0.493 e. The Morgan fingerprint density at radius 3 is 1.31 bits per heavy atom. The average molecular weight is 967 g/mol. The van der Waals surface area contributed by atoms with Crippen LogP contribution in [-0.2, 0) is 32.4 Å². The van der Waals surface area contributed by atoms with Gasteiger partial charge in [-0.1, -0.05) is 35.9 Å². The van der Waals surface area contributed by atoms with Crippen LogP contribution in [0, 0.1) is 0 Å². The highest BCUT2D eigenvalue weighted by atomic mass is 35.5. The number of carbonyl (C=O) groups excluding carboxylic acids is 2. The Balaban J connectivity index is 0.000000244. The van der Waals surface area contributed by atoms with Gasteiger partial charge in [-0.25, -0.2) is 27.1 Å². The third-order valence-corrected chi connectivity index (χ3v) is 10.6. The summed E-state index contributed by atoms with van der Waals surface area (Å²) < 4.78 is 147. The van der Waals surface area contributed by atoms with Gasteiger partial charge in [-0.05, 0) is 97.1 Å². The molecule has 6 rings (SSSR count). The number of ether oxygens (including phenoxy) is 4. The van der Waals surface area contributed by atoms with Gasteiger partial charge in [-0.15, -0.1) is 0 Å². The van der Waals surface area contributed by atoms with Gasteiger partial charge in [0.15, 0.2) is 23.0 Å². The number of hydrogen-bond donors (Lipinski definition) is 4. The molecule has 0 saturated heterocycles. The molecule has 0 bridgehead atoms. The fourth-order valence-electron chi connectivity index (χ4n) is 5.51. The molecular weight excluding hydrogens is 934 g/mol. The molecule has 2 amide bonds. The molecule has 6 N–H and O–H groups in total. The maximum atomic E-state index is 13.3. The first-order chi connectivity index (χ1) is 30.4. The monoisotopic (exact) mass is 966 g/mol. The minimum absolute atomic E-state index is 0.000963. The lowest BCUT2D eigenvalue weighted by Gasteiger charge is -2.16. The van der Waals surface area contributed by atoms with Gasteiger partial charge in [0.25, 0.3) is 11.8 Å². The van der Waals surface area contributed by atoms with E-state index in [4.69, 9.17) is 40.8 Å². The summed E-state index contributed by atoms with van der Waals surface area (Å²) in [5, 5.41) is 15.2. The Kier molecular flexibility index (Phi) is 15.1. The molecule has 6 aromatic carbocycles. The van der Waals surface area contributed by atoms with E-state index in [0.717, 1.165) is 36.4 Å². The number of methoxy groups -OCH3 is 2. The molecule has 0 saturated carbocycles. The standard InChI is InChI=1S/C21H16ClF3N2O5S.C21H17F3N2O5S/c1-31-19-10-13(22)6-8-18(19)32-17-7-5-12(21(23,24)25)9-16(17)20(28)27-14-3-2-4-15(11-14)33(26,29)30;1-30-18-7-2-3-8-19(18)31-17-10-9-13(21(22,23)24)11-16(17)20(27)26-14-5-4-6-15(12-14)32(25,28)29/h2-11H,1H3,(H,27,28)(H2,26,29,30);2-12H,1H3,(H,26,27)(H2,25,28,29). The fourth-order valence-corrected chi connectivity index (χ4v) is 6.79. The highest BCUT2D eigenvalue weighted by Crippen LogP contribution is 2.39. The molecule has 0 unspecified atom stereocenters. The second kappa shape index (κ2) is 19.9. The zero-order chi connectivity index (χ0) is 47.9. The molecule has 0 radical (unpaired) electrons. The molecule has 0 fully saturated rings. The predicted octanol–water partition coefficient (Wildman–Crippen LogP) is 9.47. The van der Waals surface area contributed by atoms with Crippen LogP contribution in [0.1, 0.15) is 31.8 Å². The van der Waals surface area contributed by atoms with Gasteiger partial charge >= 0.3 is 12.4 Å². The van der Waals surface area contributed by atoms with Crippen molar-refractivity contribution in [3.8, 4) is 34.5 Å². The van der Waals surface area contributed by atoms with Crippen molar-refractivity contribution in [2.75, 3.05) is 24.9 Å². The van der Waals surface area contributed by atoms with E-state index < -0.39 is 66.5 Å². The Morgan fingerprint density at radius 2 is 0.908 bits per heavy atom. The number of nitrogens with one attached hydrogen (secondary N) is 2. The Morgan fingerprint density at radius 1 is 0.508 bits per heavy atom. The lowest BCUT2D eigenvalue weighted by Crippen LogP contribution is -2.16. The number of sulfonamides is 2. The van der Waals surface area contributed by atoms with Crippen LogP contribution >= 0.6 is 11.6 Å². The van der Waals surface area contributed by atoms with Gasteiger partial charge in [-0.3, -0.25) is 9.59 Å². The summed E-state index contributed by atoms with van der Waals surface area (Å²) in [6, 6.07) is 25.5. The molecule has 6 aromatic rings. The van der Waals surface area contributed by atoms with Crippen molar-refractivity contribution in [1.82, 2.24) is 0 Å². The average Bonchev–Trinajstić information content (AvgIpc) is 3.23. The lowest BCUT2D eigenvalue weighted by molar-refractivity contribution is -0.138. The van der Waals surface area contributed by atoms with Crippen molar-refractivity contribution in [3.63, 3.8) is 0 Å². The highest BCUT2D eigenvalue weighted by Gasteiger charge is 2.34. The minimum Gasteiger partial charge on any atom is -0.493 e. The van der Waals surface area contributed by atoms with Crippen LogP contribution in [-0.4, -0.2) is 42.9 Å². The summed E-state index contributed by atoms with van der Waals surface area (Å²) >= 11 is 5.91. The summed E-state index contributed by atoms with van der Waals surface area (Å²) in [4.78, 5) is 25.2. The number of amides is 2. The van der Waals surface area contributed by atoms with E-state index in [9.17, 15) is 52.8 Å². The number of benzene rings is 6. The topological polar surface area (TPSA) is 215 Å². The number of anilines is 2. The van der Waals surface area contributed by atoms with Crippen molar-refractivity contribution in [3.05, 3.63) is 155 Å². The van der Waals surface area contributed by atoms with Crippen molar-refractivity contribution in [1.29, 1.82) is 0 Å². The highest BCUT2D eigenvalue weighted by molar-refractivity contribution is 7.89. The first kappa shape index (κ1) is 49.2. The molecule has 23 heteroatoms. The molecule has 65 heavy (non-hydrogen) atoms. The number of rotatable bonds is 12. The van der Waals surface area contributed by atoms with E-state index in [1.807, 2.05) is 0 Å². The first-order valence-corrected chi connectivity index (χ1v) is 21.5. The van der Waals surface area contributed by atoms with Crippen molar-refractivity contribution < 1.29 is 71.7 Å². The Hall–Kier alpha value is -6.85. The van der Waals surface area contributed by atoms with E-state index >= 15 is 0 Å². The number of nitrogens with two attached hydrogens (primary N) is 2.